The van der Waals surface area contributed by atoms with E-state index in [0.29, 0.717) is 5.82 Å². The van der Waals surface area contributed by atoms with Crippen LogP contribution in [0.1, 0.15) is 0 Å². The number of carbonyl (C=O) groups is 1. The summed E-state index contributed by atoms with van der Waals surface area (Å²) < 4.78 is 0.819. The Hall–Kier alpha value is -1.88. The van der Waals surface area contributed by atoms with Crippen LogP contribution < -0.4 is 5.32 Å². The summed E-state index contributed by atoms with van der Waals surface area (Å²) in [5, 5.41) is 10.9. The summed E-state index contributed by atoms with van der Waals surface area (Å²) in [6.45, 7) is 0. The van der Waals surface area contributed by atoms with Gasteiger partial charge in [0.1, 0.15) is 5.82 Å². The Kier molecular flexibility index (Phi) is 3.39. The number of anilines is 1. The molecule has 1 amide bonds. The van der Waals surface area contributed by atoms with Crippen molar-refractivity contribution < 1.29 is 9.90 Å². The van der Waals surface area contributed by atoms with Crippen LogP contribution in [-0.4, -0.2) is 16.2 Å². The van der Waals surface area contributed by atoms with Crippen molar-refractivity contribution in [1.29, 1.82) is 0 Å². The molecule has 0 saturated carbocycles. The molecular weight excluding hydrogens is 284 g/mol. The quantitative estimate of drug-likeness (QED) is 0.889. The first kappa shape index (κ1) is 11.6. The highest BCUT2D eigenvalue weighted by Crippen LogP contribution is 2.29. The van der Waals surface area contributed by atoms with Crippen LogP contribution in [0.3, 0.4) is 0 Å². The fraction of sp³-hybridized carbons (Fsp3) is 0. The molecule has 0 fully saturated rings. The van der Waals surface area contributed by atoms with Crippen LogP contribution in [0, 0.1) is 0 Å². The maximum Gasteiger partial charge on any atom is 0.410 e. The Bertz CT molecular complexity index is 543. The van der Waals surface area contributed by atoms with Crippen LogP contribution in [0.2, 0.25) is 0 Å². The van der Waals surface area contributed by atoms with E-state index in [2.05, 4.69) is 26.2 Å². The maximum absolute atomic E-state index is 10.5. The van der Waals surface area contributed by atoms with Gasteiger partial charge in [-0.05, 0) is 27.6 Å². The molecule has 0 aliphatic carbocycles. The average molecular weight is 293 g/mol. The van der Waals surface area contributed by atoms with Gasteiger partial charge in [-0.1, -0.05) is 30.3 Å². The van der Waals surface area contributed by atoms with Gasteiger partial charge in [0.15, 0.2) is 0 Å². The van der Waals surface area contributed by atoms with E-state index in [-0.39, 0.29) is 0 Å². The number of nitrogens with one attached hydrogen (secondary N) is 1. The van der Waals surface area contributed by atoms with Gasteiger partial charge in [-0.2, -0.15) is 0 Å². The lowest BCUT2D eigenvalue weighted by molar-refractivity contribution is 0.209. The van der Waals surface area contributed by atoms with Crippen molar-refractivity contribution in [2.75, 3.05) is 5.32 Å². The molecule has 2 N–H and O–H groups in total. The van der Waals surface area contributed by atoms with Gasteiger partial charge in [-0.25, -0.2) is 9.78 Å². The molecule has 0 aliphatic rings. The van der Waals surface area contributed by atoms with E-state index in [1.165, 1.54) is 0 Å². The summed E-state index contributed by atoms with van der Waals surface area (Å²) in [5.41, 5.74) is 1.89. The zero-order valence-corrected chi connectivity index (χ0v) is 10.3. The van der Waals surface area contributed by atoms with Gasteiger partial charge in [0, 0.05) is 16.2 Å². The molecule has 4 nitrogen and oxygen atoms in total. The van der Waals surface area contributed by atoms with Crippen molar-refractivity contribution in [2.24, 2.45) is 0 Å². The molecule has 2 aromatic rings. The molecule has 5 heteroatoms. The van der Waals surface area contributed by atoms with Crippen molar-refractivity contribution in [3.63, 3.8) is 0 Å². The van der Waals surface area contributed by atoms with Crippen molar-refractivity contribution in [3.05, 3.63) is 47.1 Å². The molecule has 1 aromatic heterocycles. The molecule has 0 aliphatic heterocycles. The van der Waals surface area contributed by atoms with Crippen LogP contribution in [0.25, 0.3) is 11.1 Å². The third-order valence-electron chi connectivity index (χ3n) is 2.18. The molecule has 0 radical (unpaired) electrons. The Labute approximate surface area is 106 Å². The van der Waals surface area contributed by atoms with Crippen LogP contribution >= 0.6 is 15.9 Å². The summed E-state index contributed by atoms with van der Waals surface area (Å²) in [5.74, 6) is 0.305. The Morgan fingerprint density at radius 1 is 1.29 bits per heavy atom. The zero-order valence-electron chi connectivity index (χ0n) is 8.72. The second-order valence-electron chi connectivity index (χ2n) is 3.35. The summed E-state index contributed by atoms with van der Waals surface area (Å²) >= 11 is 3.40. The summed E-state index contributed by atoms with van der Waals surface area (Å²) in [6, 6.07) is 11.4. The number of halogens is 1. The lowest BCUT2D eigenvalue weighted by Crippen LogP contribution is -2.08. The van der Waals surface area contributed by atoms with Gasteiger partial charge in [0.05, 0.1) is 0 Å². The number of pyridine rings is 1. The van der Waals surface area contributed by atoms with E-state index >= 15 is 0 Å². The second kappa shape index (κ2) is 4.97. The first-order chi connectivity index (χ1) is 8.16. The van der Waals surface area contributed by atoms with Crippen LogP contribution in [0.15, 0.2) is 47.1 Å². The smallest absolute Gasteiger partial charge is 0.410 e. The van der Waals surface area contributed by atoms with Crippen molar-refractivity contribution in [3.8, 4) is 11.1 Å². The molecule has 86 valence electrons. The molecule has 2 rings (SSSR count). The number of amides is 1. The predicted molar refractivity (Wildman–Crippen MR) is 69.0 cm³/mol. The highest BCUT2D eigenvalue weighted by atomic mass is 79.9. The number of aromatic nitrogens is 1. The predicted octanol–water partition coefficient (Wildman–Crippen LogP) is 3.60. The first-order valence-corrected chi connectivity index (χ1v) is 5.67. The van der Waals surface area contributed by atoms with Crippen molar-refractivity contribution in [1.82, 2.24) is 4.98 Å². The molecule has 0 spiro atoms. The van der Waals surface area contributed by atoms with Gasteiger partial charge in [-0.3, -0.25) is 5.32 Å². The molecule has 0 unspecified atom stereocenters. The Morgan fingerprint density at radius 2 is 2.00 bits per heavy atom. The Balaban J connectivity index is 2.43. The number of rotatable bonds is 2. The fourth-order valence-corrected chi connectivity index (χ4v) is 1.90. The highest BCUT2D eigenvalue weighted by molar-refractivity contribution is 9.10. The third kappa shape index (κ3) is 2.82. The van der Waals surface area contributed by atoms with Crippen LogP contribution in [0.5, 0.6) is 0 Å². The van der Waals surface area contributed by atoms with Gasteiger partial charge >= 0.3 is 6.09 Å². The normalized spacial score (nSPS) is 9.94. The van der Waals surface area contributed by atoms with Gasteiger partial charge in [-0.15, -0.1) is 0 Å². The van der Waals surface area contributed by atoms with E-state index < -0.39 is 6.09 Å². The molecule has 17 heavy (non-hydrogen) atoms. The van der Waals surface area contributed by atoms with E-state index in [1.807, 2.05) is 30.3 Å². The molecular formula is C12H9BrN2O2. The average Bonchev–Trinajstić information content (AvgIpc) is 2.32. The number of benzene rings is 1. The zero-order chi connectivity index (χ0) is 12.3. The minimum absolute atomic E-state index is 0.305. The van der Waals surface area contributed by atoms with Crippen molar-refractivity contribution in [2.45, 2.75) is 0 Å². The van der Waals surface area contributed by atoms with E-state index in [0.717, 1.165) is 15.6 Å². The first-order valence-electron chi connectivity index (χ1n) is 4.88. The molecule has 1 aromatic carbocycles. The minimum Gasteiger partial charge on any atom is -0.465 e. The standard InChI is InChI=1S/C12H9BrN2O2/c13-10-7-14-11(15-12(16)17)6-9(10)8-4-2-1-3-5-8/h1-7H,(H,14,15)(H,16,17). The van der Waals surface area contributed by atoms with Crippen molar-refractivity contribution >= 4 is 27.8 Å². The lowest BCUT2D eigenvalue weighted by atomic mass is 10.1. The SMILES string of the molecule is O=C(O)Nc1cc(-c2ccccc2)c(Br)cn1. The van der Waals surface area contributed by atoms with E-state index in [9.17, 15) is 4.79 Å². The molecule has 0 bridgehead atoms. The third-order valence-corrected chi connectivity index (χ3v) is 2.81. The largest absolute Gasteiger partial charge is 0.465 e. The van der Waals surface area contributed by atoms with Gasteiger partial charge in [0.25, 0.3) is 0 Å². The molecule has 1 heterocycles. The fourth-order valence-electron chi connectivity index (χ4n) is 1.46. The number of hydrogen-bond acceptors (Lipinski definition) is 2. The number of hydrogen-bond donors (Lipinski definition) is 2. The van der Waals surface area contributed by atoms with E-state index in [4.69, 9.17) is 5.11 Å². The number of nitrogens with zero attached hydrogens (tertiary/aromatic N) is 1. The monoisotopic (exact) mass is 292 g/mol. The van der Waals surface area contributed by atoms with Crippen LogP contribution in [-0.2, 0) is 0 Å². The summed E-state index contributed by atoms with van der Waals surface area (Å²) in [4.78, 5) is 14.5. The second-order valence-corrected chi connectivity index (χ2v) is 4.20. The van der Waals surface area contributed by atoms with Crippen LogP contribution in [0.4, 0.5) is 10.6 Å². The lowest BCUT2D eigenvalue weighted by Gasteiger charge is -2.07. The maximum atomic E-state index is 10.5. The Morgan fingerprint density at radius 3 is 2.65 bits per heavy atom. The topological polar surface area (TPSA) is 62.2 Å². The molecule has 0 saturated heterocycles. The summed E-state index contributed by atoms with van der Waals surface area (Å²) in [6.07, 6.45) is 0.451. The minimum atomic E-state index is -1.13. The van der Waals surface area contributed by atoms with E-state index in [1.54, 1.807) is 12.3 Å². The number of carboxylic acid groups (broad SMARTS) is 1. The highest BCUT2D eigenvalue weighted by Gasteiger charge is 2.06. The summed E-state index contributed by atoms with van der Waals surface area (Å²) in [7, 11) is 0. The molecule has 0 atom stereocenters. The van der Waals surface area contributed by atoms with Gasteiger partial charge < -0.3 is 5.11 Å². The van der Waals surface area contributed by atoms with Gasteiger partial charge in [0.2, 0.25) is 0 Å².